The third-order valence-corrected chi connectivity index (χ3v) is 4.22. The fraction of sp³-hybridized carbons (Fsp3) is 0.118. The molecule has 0 saturated carbocycles. The summed E-state index contributed by atoms with van der Waals surface area (Å²) in [7, 11) is 3.05. The number of aromatic nitrogens is 2. The van der Waals surface area contributed by atoms with Crippen LogP contribution in [0.2, 0.25) is 0 Å². The van der Waals surface area contributed by atoms with Gasteiger partial charge in [-0.25, -0.2) is 4.79 Å². The summed E-state index contributed by atoms with van der Waals surface area (Å²) in [6.07, 6.45) is 1.38. The van der Waals surface area contributed by atoms with Gasteiger partial charge in [0.2, 0.25) is 0 Å². The fourth-order valence-electron chi connectivity index (χ4n) is 2.36. The van der Waals surface area contributed by atoms with Crippen LogP contribution in [0.3, 0.4) is 0 Å². The molecule has 2 aromatic carbocycles. The summed E-state index contributed by atoms with van der Waals surface area (Å²) < 4.78 is 12.0. The monoisotopic (exact) mass is 403 g/mol. The molecule has 25 heavy (non-hydrogen) atoms. The highest BCUT2D eigenvalue weighted by atomic mass is 79.9. The van der Waals surface area contributed by atoms with Gasteiger partial charge in [-0.05, 0) is 34.1 Å². The zero-order chi connectivity index (χ0) is 18.0. The highest BCUT2D eigenvalue weighted by Gasteiger charge is 2.09. The van der Waals surface area contributed by atoms with Crippen molar-refractivity contribution in [3.63, 3.8) is 0 Å². The van der Waals surface area contributed by atoms with Gasteiger partial charge in [0.1, 0.15) is 11.5 Å². The molecule has 1 N–H and O–H groups in total. The molecule has 0 amide bonds. The van der Waals surface area contributed by atoms with Gasteiger partial charge in [0, 0.05) is 11.6 Å². The van der Waals surface area contributed by atoms with Gasteiger partial charge >= 0.3 is 5.69 Å². The molecule has 0 aliphatic heterocycles. The van der Waals surface area contributed by atoms with E-state index >= 15 is 0 Å². The van der Waals surface area contributed by atoms with Crippen LogP contribution in [0.25, 0.3) is 10.9 Å². The summed E-state index contributed by atoms with van der Waals surface area (Å²) in [6.45, 7) is 0. The van der Waals surface area contributed by atoms with Crippen molar-refractivity contribution in [2.75, 3.05) is 14.2 Å². The number of ether oxygens (including phenoxy) is 2. The summed E-state index contributed by atoms with van der Waals surface area (Å²) in [4.78, 5) is 27.2. The Morgan fingerprint density at radius 3 is 2.56 bits per heavy atom. The van der Waals surface area contributed by atoms with Gasteiger partial charge < -0.3 is 14.5 Å². The second-order valence-electron chi connectivity index (χ2n) is 5.07. The van der Waals surface area contributed by atoms with E-state index in [2.05, 4.69) is 26.0 Å². The van der Waals surface area contributed by atoms with Crippen molar-refractivity contribution in [1.29, 1.82) is 0 Å². The quantitative estimate of drug-likeness (QED) is 0.677. The van der Waals surface area contributed by atoms with Crippen LogP contribution in [0.5, 0.6) is 11.5 Å². The average molecular weight is 404 g/mol. The third kappa shape index (κ3) is 3.20. The second kappa shape index (κ2) is 6.94. The molecule has 128 valence electrons. The first kappa shape index (κ1) is 17.0. The van der Waals surface area contributed by atoms with E-state index < -0.39 is 11.2 Å². The zero-order valence-corrected chi connectivity index (χ0v) is 15.0. The lowest BCUT2D eigenvalue weighted by Gasteiger charge is -2.09. The number of aromatic amines is 1. The lowest BCUT2D eigenvalue weighted by Crippen LogP contribution is -2.32. The van der Waals surface area contributed by atoms with E-state index in [0.29, 0.717) is 32.4 Å². The Bertz CT molecular complexity index is 1090. The largest absolute Gasteiger partial charge is 0.496 e. The Morgan fingerprint density at radius 1 is 1.12 bits per heavy atom. The summed E-state index contributed by atoms with van der Waals surface area (Å²) in [5.41, 5.74) is -0.0722. The number of rotatable bonds is 4. The van der Waals surface area contributed by atoms with Crippen molar-refractivity contribution < 1.29 is 9.47 Å². The Balaban J connectivity index is 2.12. The molecule has 0 aliphatic rings. The maximum Gasteiger partial charge on any atom is 0.349 e. The number of methoxy groups -OCH3 is 2. The zero-order valence-electron chi connectivity index (χ0n) is 13.4. The normalized spacial score (nSPS) is 11.2. The van der Waals surface area contributed by atoms with E-state index in [-0.39, 0.29) is 0 Å². The molecule has 3 aromatic rings. The molecule has 1 heterocycles. The summed E-state index contributed by atoms with van der Waals surface area (Å²) >= 11 is 3.38. The molecule has 0 saturated heterocycles. The van der Waals surface area contributed by atoms with E-state index in [0.717, 1.165) is 4.68 Å². The first-order chi connectivity index (χ1) is 12.0. The fourth-order valence-corrected chi connectivity index (χ4v) is 2.89. The Morgan fingerprint density at radius 2 is 1.84 bits per heavy atom. The second-order valence-corrected chi connectivity index (χ2v) is 5.92. The number of fused-ring (bicyclic) bond motifs is 1. The molecule has 7 nitrogen and oxygen atoms in total. The van der Waals surface area contributed by atoms with Crippen molar-refractivity contribution in [2.24, 2.45) is 5.10 Å². The standard InChI is InChI=1S/C17H14BrN3O4/c1-24-14-8-15(25-2)12(18)7-10(14)9-19-21-16(22)11-5-3-4-6-13(11)20-17(21)23/h3-9H,1-2H3,(H,20,23). The number of para-hydroxylation sites is 1. The van der Waals surface area contributed by atoms with Crippen LogP contribution in [-0.4, -0.2) is 30.1 Å². The van der Waals surface area contributed by atoms with Crippen LogP contribution in [0, 0.1) is 0 Å². The van der Waals surface area contributed by atoms with E-state index in [1.807, 2.05) is 0 Å². The minimum Gasteiger partial charge on any atom is -0.496 e. The van der Waals surface area contributed by atoms with Gasteiger partial charge in [-0.15, -0.1) is 4.68 Å². The highest BCUT2D eigenvalue weighted by Crippen LogP contribution is 2.31. The average Bonchev–Trinajstić information content (AvgIpc) is 2.61. The number of hydrogen-bond donors (Lipinski definition) is 1. The molecule has 8 heteroatoms. The highest BCUT2D eigenvalue weighted by molar-refractivity contribution is 9.10. The van der Waals surface area contributed by atoms with Crippen LogP contribution in [-0.2, 0) is 0 Å². The van der Waals surface area contributed by atoms with Gasteiger partial charge in [-0.1, -0.05) is 12.1 Å². The predicted octanol–water partition coefficient (Wildman–Crippen LogP) is 2.35. The van der Waals surface area contributed by atoms with E-state index in [1.54, 1.807) is 43.5 Å². The van der Waals surface area contributed by atoms with Gasteiger partial charge in [-0.3, -0.25) is 4.79 Å². The molecule has 0 unspecified atom stereocenters. The van der Waals surface area contributed by atoms with Crippen molar-refractivity contribution in [3.05, 3.63) is 67.3 Å². The SMILES string of the molecule is COc1cc(OC)c(C=Nn2c(=O)[nH]c3ccccc3c2=O)cc1Br. The maximum absolute atomic E-state index is 12.5. The first-order valence-corrected chi connectivity index (χ1v) is 8.04. The summed E-state index contributed by atoms with van der Waals surface area (Å²) in [5.74, 6) is 1.09. The maximum atomic E-state index is 12.5. The molecule has 0 fully saturated rings. The van der Waals surface area contributed by atoms with Gasteiger partial charge in [0.25, 0.3) is 5.56 Å². The molecule has 1 aromatic heterocycles. The predicted molar refractivity (Wildman–Crippen MR) is 99.1 cm³/mol. The molecule has 0 radical (unpaired) electrons. The van der Waals surface area contributed by atoms with Crippen LogP contribution in [0.4, 0.5) is 0 Å². The van der Waals surface area contributed by atoms with Gasteiger partial charge in [0.15, 0.2) is 0 Å². The number of nitrogens with one attached hydrogen (secondary N) is 1. The van der Waals surface area contributed by atoms with Gasteiger partial charge in [0.05, 0.1) is 35.8 Å². The minimum absolute atomic E-state index is 0.377. The Hall–Kier alpha value is -2.87. The van der Waals surface area contributed by atoms with Crippen LogP contribution >= 0.6 is 15.9 Å². The molecular formula is C17H14BrN3O4. The van der Waals surface area contributed by atoms with Crippen molar-refractivity contribution in [3.8, 4) is 11.5 Å². The van der Waals surface area contributed by atoms with Crippen LogP contribution in [0.1, 0.15) is 5.56 Å². The summed E-state index contributed by atoms with van der Waals surface area (Å²) in [5, 5.41) is 4.40. The van der Waals surface area contributed by atoms with E-state index in [4.69, 9.17) is 9.47 Å². The number of halogens is 1. The number of hydrogen-bond acceptors (Lipinski definition) is 5. The lowest BCUT2D eigenvalue weighted by molar-refractivity contribution is 0.392. The molecule has 0 aliphatic carbocycles. The van der Waals surface area contributed by atoms with Gasteiger partial charge in [-0.2, -0.15) is 5.10 Å². The van der Waals surface area contributed by atoms with Crippen molar-refractivity contribution in [2.45, 2.75) is 0 Å². The smallest absolute Gasteiger partial charge is 0.349 e. The first-order valence-electron chi connectivity index (χ1n) is 7.25. The molecule has 0 spiro atoms. The van der Waals surface area contributed by atoms with E-state index in [1.165, 1.54) is 13.3 Å². The third-order valence-electron chi connectivity index (χ3n) is 3.60. The lowest BCUT2D eigenvalue weighted by atomic mass is 10.2. The summed E-state index contributed by atoms with van der Waals surface area (Å²) in [6, 6.07) is 10.2. The van der Waals surface area contributed by atoms with Crippen LogP contribution < -0.4 is 20.7 Å². The molecule has 3 rings (SSSR count). The van der Waals surface area contributed by atoms with Crippen molar-refractivity contribution in [1.82, 2.24) is 9.66 Å². The Labute approximate surface area is 150 Å². The van der Waals surface area contributed by atoms with Crippen molar-refractivity contribution >= 4 is 33.0 Å². The minimum atomic E-state index is -0.619. The molecule has 0 bridgehead atoms. The molecule has 0 atom stereocenters. The molecular weight excluding hydrogens is 390 g/mol. The topological polar surface area (TPSA) is 85.7 Å². The van der Waals surface area contributed by atoms with E-state index in [9.17, 15) is 9.59 Å². The number of nitrogens with zero attached hydrogens (tertiary/aromatic N) is 2. The number of H-pyrrole nitrogens is 1. The Kier molecular flexibility index (Phi) is 4.71. The van der Waals surface area contributed by atoms with Crippen LogP contribution in [0.15, 0.2) is 55.6 Å². The number of benzene rings is 2.